The van der Waals surface area contributed by atoms with Crippen LogP contribution >= 0.6 is 0 Å². The zero-order valence-electron chi connectivity index (χ0n) is 15.8. The van der Waals surface area contributed by atoms with E-state index in [1.165, 1.54) is 17.1 Å². The summed E-state index contributed by atoms with van der Waals surface area (Å²) in [4.78, 5) is 0.304. The maximum atomic E-state index is 12.9. The monoisotopic (exact) mass is 361 g/mol. The molecule has 0 radical (unpaired) electrons. The smallest absolute Gasteiger partial charge is 0.224 e. The van der Waals surface area contributed by atoms with E-state index in [1.54, 1.807) is 12.1 Å². The van der Waals surface area contributed by atoms with Crippen molar-refractivity contribution in [2.75, 3.05) is 6.54 Å². The van der Waals surface area contributed by atoms with Crippen molar-refractivity contribution < 1.29 is 8.42 Å². The van der Waals surface area contributed by atoms with Gasteiger partial charge in [-0.2, -0.15) is 0 Å². The zero-order valence-corrected chi connectivity index (χ0v) is 16.6. The van der Waals surface area contributed by atoms with E-state index in [-0.39, 0.29) is 0 Å². The van der Waals surface area contributed by atoms with Gasteiger partial charge in [0, 0.05) is 19.0 Å². The summed E-state index contributed by atoms with van der Waals surface area (Å²) >= 11 is 0. The average molecular weight is 362 g/mol. The van der Waals surface area contributed by atoms with Gasteiger partial charge in [-0.05, 0) is 38.3 Å². The highest BCUT2D eigenvalue weighted by molar-refractivity contribution is 7.89. The second-order valence-electron chi connectivity index (χ2n) is 6.16. The SMILES string of the molecule is CC/C=C\CCN(C#CCCCCCC)S(=O)(=O)c1ccc(C)cc1. The van der Waals surface area contributed by atoms with Gasteiger partial charge in [-0.1, -0.05) is 68.9 Å². The first-order valence-electron chi connectivity index (χ1n) is 9.25. The van der Waals surface area contributed by atoms with Crippen LogP contribution < -0.4 is 0 Å². The Morgan fingerprint density at radius 1 is 1.04 bits per heavy atom. The van der Waals surface area contributed by atoms with Gasteiger partial charge in [0.05, 0.1) is 4.90 Å². The molecule has 0 bridgehead atoms. The van der Waals surface area contributed by atoms with Crippen LogP contribution in [0.4, 0.5) is 0 Å². The Hall–Kier alpha value is -1.73. The quantitative estimate of drug-likeness (QED) is 0.246. The van der Waals surface area contributed by atoms with Gasteiger partial charge in [0.25, 0.3) is 10.0 Å². The maximum Gasteiger partial charge on any atom is 0.270 e. The summed E-state index contributed by atoms with van der Waals surface area (Å²) in [5.41, 5.74) is 1.04. The van der Waals surface area contributed by atoms with Gasteiger partial charge in [0.2, 0.25) is 0 Å². The Kier molecular flexibility index (Phi) is 10.0. The molecule has 0 atom stereocenters. The molecule has 0 fully saturated rings. The van der Waals surface area contributed by atoms with Crippen molar-refractivity contribution in [3.05, 3.63) is 42.0 Å². The van der Waals surface area contributed by atoms with Crippen molar-refractivity contribution in [1.82, 2.24) is 4.31 Å². The molecular weight excluding hydrogens is 330 g/mol. The molecule has 0 saturated heterocycles. The highest BCUT2D eigenvalue weighted by atomic mass is 32.2. The second-order valence-corrected chi connectivity index (χ2v) is 8.02. The number of hydrogen-bond acceptors (Lipinski definition) is 2. The Balaban J connectivity index is 2.86. The minimum Gasteiger partial charge on any atom is -0.224 e. The number of aryl methyl sites for hydroxylation is 1. The first kappa shape index (κ1) is 21.3. The first-order chi connectivity index (χ1) is 12.0. The van der Waals surface area contributed by atoms with Gasteiger partial charge in [-0.25, -0.2) is 12.7 Å². The summed E-state index contributed by atoms with van der Waals surface area (Å²) in [6, 6.07) is 9.84. The van der Waals surface area contributed by atoms with E-state index in [0.29, 0.717) is 17.9 Å². The number of benzene rings is 1. The molecule has 4 heteroatoms. The van der Waals surface area contributed by atoms with Crippen LogP contribution in [-0.2, 0) is 10.0 Å². The third kappa shape index (κ3) is 7.79. The van der Waals surface area contributed by atoms with E-state index in [1.807, 2.05) is 25.1 Å². The molecule has 0 aliphatic carbocycles. The minimum absolute atomic E-state index is 0.304. The minimum atomic E-state index is -3.58. The van der Waals surface area contributed by atoms with E-state index < -0.39 is 10.0 Å². The Morgan fingerprint density at radius 2 is 1.76 bits per heavy atom. The van der Waals surface area contributed by atoms with Crippen LogP contribution in [0.1, 0.15) is 64.4 Å². The number of allylic oxidation sites excluding steroid dienone is 1. The van der Waals surface area contributed by atoms with Gasteiger partial charge < -0.3 is 0 Å². The van der Waals surface area contributed by atoms with Crippen molar-refractivity contribution in [3.63, 3.8) is 0 Å². The molecule has 1 rings (SSSR count). The van der Waals surface area contributed by atoms with Gasteiger partial charge in [-0.15, -0.1) is 0 Å². The van der Waals surface area contributed by atoms with Crippen molar-refractivity contribution >= 4 is 10.0 Å². The van der Waals surface area contributed by atoms with Crippen LogP contribution in [0.25, 0.3) is 0 Å². The lowest BCUT2D eigenvalue weighted by atomic mass is 10.2. The van der Waals surface area contributed by atoms with Crippen molar-refractivity contribution in [3.8, 4) is 12.0 Å². The number of nitrogens with zero attached hydrogens (tertiary/aromatic N) is 1. The second kappa shape index (κ2) is 11.8. The molecule has 0 amide bonds. The molecule has 0 N–H and O–H groups in total. The predicted molar refractivity (Wildman–Crippen MR) is 106 cm³/mol. The zero-order chi connectivity index (χ0) is 18.5. The van der Waals surface area contributed by atoms with Crippen molar-refractivity contribution in [2.45, 2.75) is 70.6 Å². The lowest BCUT2D eigenvalue weighted by molar-refractivity contribution is 0.514. The Morgan fingerprint density at radius 3 is 2.40 bits per heavy atom. The fourth-order valence-electron chi connectivity index (χ4n) is 2.33. The van der Waals surface area contributed by atoms with E-state index >= 15 is 0 Å². The highest BCUT2D eigenvalue weighted by Gasteiger charge is 2.21. The van der Waals surface area contributed by atoms with E-state index in [0.717, 1.165) is 31.2 Å². The maximum absolute atomic E-state index is 12.9. The summed E-state index contributed by atoms with van der Waals surface area (Å²) in [5, 5.41) is 0. The summed E-state index contributed by atoms with van der Waals surface area (Å²) in [7, 11) is -3.58. The number of rotatable bonds is 10. The van der Waals surface area contributed by atoms with Crippen LogP contribution in [0.3, 0.4) is 0 Å². The van der Waals surface area contributed by atoms with E-state index in [4.69, 9.17) is 0 Å². The lowest BCUT2D eigenvalue weighted by Crippen LogP contribution is -2.27. The molecule has 0 aromatic heterocycles. The van der Waals surface area contributed by atoms with Gasteiger partial charge >= 0.3 is 0 Å². The molecule has 0 saturated carbocycles. The van der Waals surface area contributed by atoms with E-state index in [2.05, 4.69) is 31.9 Å². The summed E-state index contributed by atoms with van der Waals surface area (Å²) in [6.45, 7) is 6.56. The lowest BCUT2D eigenvalue weighted by Gasteiger charge is -2.17. The topological polar surface area (TPSA) is 37.4 Å². The Labute approximate surface area is 154 Å². The van der Waals surface area contributed by atoms with Crippen LogP contribution in [0.5, 0.6) is 0 Å². The van der Waals surface area contributed by atoms with Crippen LogP contribution in [0.2, 0.25) is 0 Å². The molecule has 0 spiro atoms. The molecule has 0 unspecified atom stereocenters. The molecule has 25 heavy (non-hydrogen) atoms. The molecule has 0 heterocycles. The summed E-state index contributed by atoms with van der Waals surface area (Å²) in [5.74, 6) is 3.05. The summed E-state index contributed by atoms with van der Waals surface area (Å²) in [6.07, 6.45) is 11.0. The average Bonchev–Trinajstić information content (AvgIpc) is 2.60. The largest absolute Gasteiger partial charge is 0.270 e. The molecule has 0 aliphatic heterocycles. The Bertz CT molecular complexity index is 679. The number of sulfonamides is 1. The van der Waals surface area contributed by atoms with Crippen LogP contribution in [0.15, 0.2) is 41.3 Å². The molecule has 1 aromatic rings. The molecule has 0 aliphatic rings. The molecule has 138 valence electrons. The highest BCUT2D eigenvalue weighted by Crippen LogP contribution is 2.16. The number of unbranched alkanes of at least 4 members (excludes halogenated alkanes) is 4. The van der Waals surface area contributed by atoms with Crippen LogP contribution in [-0.4, -0.2) is 19.3 Å². The molecule has 1 aromatic carbocycles. The predicted octanol–water partition coefficient (Wildman–Crippen LogP) is 5.27. The standard InChI is InChI=1S/C21H31NO2S/c1-4-6-8-10-11-13-19-22(18-12-9-7-5-2)25(23,24)21-16-14-20(3)15-17-21/h7,9,14-17H,4-6,8,10-12,18H2,1-3H3/b9-7-. The van der Waals surface area contributed by atoms with Crippen molar-refractivity contribution in [1.29, 1.82) is 0 Å². The third-order valence-electron chi connectivity index (χ3n) is 3.87. The van der Waals surface area contributed by atoms with Crippen LogP contribution in [0, 0.1) is 18.9 Å². The molecular formula is C21H31NO2S. The van der Waals surface area contributed by atoms with E-state index in [9.17, 15) is 8.42 Å². The van der Waals surface area contributed by atoms with Gasteiger partial charge in [0.15, 0.2) is 0 Å². The third-order valence-corrected chi connectivity index (χ3v) is 5.59. The molecule has 3 nitrogen and oxygen atoms in total. The normalized spacial score (nSPS) is 11.3. The number of hydrogen-bond donors (Lipinski definition) is 0. The fraction of sp³-hybridized carbons (Fsp3) is 0.524. The summed E-state index contributed by atoms with van der Waals surface area (Å²) < 4.78 is 27.0. The van der Waals surface area contributed by atoms with Crippen molar-refractivity contribution in [2.24, 2.45) is 0 Å². The first-order valence-corrected chi connectivity index (χ1v) is 10.7. The van der Waals surface area contributed by atoms with Gasteiger partial charge in [0.1, 0.15) is 0 Å². The fourth-order valence-corrected chi connectivity index (χ4v) is 3.60. The van der Waals surface area contributed by atoms with Gasteiger partial charge in [-0.3, -0.25) is 0 Å².